The minimum atomic E-state index is 0. The zero-order valence-electron chi connectivity index (χ0n) is 18.8. The van der Waals surface area contributed by atoms with Crippen molar-refractivity contribution in [1.82, 2.24) is 19.8 Å². The van der Waals surface area contributed by atoms with Crippen molar-refractivity contribution in [1.29, 1.82) is 5.41 Å². The number of rotatable bonds is 2. The summed E-state index contributed by atoms with van der Waals surface area (Å²) in [6.07, 6.45) is 2.50. The van der Waals surface area contributed by atoms with Gasteiger partial charge in [0.15, 0.2) is 5.96 Å². The maximum atomic E-state index is 13.1. The fraction of sp³-hybridized carbons (Fsp3) is 0.783. The molecule has 7 nitrogen and oxygen atoms in total. The lowest BCUT2D eigenvalue weighted by atomic mass is 9.95. The fourth-order valence-corrected chi connectivity index (χ4v) is 3.88. The molecule has 1 aromatic heterocycles. The van der Waals surface area contributed by atoms with Crippen molar-refractivity contribution in [2.24, 2.45) is 17.6 Å². The van der Waals surface area contributed by atoms with Crippen LogP contribution in [0, 0.1) is 31.1 Å². The average Bonchev–Trinajstić information content (AvgIpc) is 3.26. The summed E-state index contributed by atoms with van der Waals surface area (Å²) < 4.78 is 0. The summed E-state index contributed by atoms with van der Waals surface area (Å²) in [6.45, 7) is 16.4. The van der Waals surface area contributed by atoms with E-state index in [-0.39, 0.29) is 38.7 Å². The minimum Gasteiger partial charge on any atom is -0.370 e. The van der Waals surface area contributed by atoms with Crippen LogP contribution in [0.15, 0.2) is 0 Å². The largest absolute Gasteiger partial charge is 0.370 e. The number of guanidine groups is 1. The number of likely N-dealkylation sites (tertiary alicyclic amines) is 2. The molecular formula is C23H48N6O. The van der Waals surface area contributed by atoms with Crippen LogP contribution < -0.4 is 5.73 Å². The molecule has 2 aliphatic rings. The van der Waals surface area contributed by atoms with Crippen molar-refractivity contribution >= 4 is 11.9 Å². The molecule has 2 unspecified atom stereocenters. The van der Waals surface area contributed by atoms with Crippen LogP contribution in [0.2, 0.25) is 0 Å². The maximum absolute atomic E-state index is 13.1. The number of piperidine rings is 1. The van der Waals surface area contributed by atoms with Crippen LogP contribution in [0.1, 0.15) is 92.0 Å². The average molecular weight is 425 g/mol. The number of carbonyl (C=O) groups excluding carboxylic acids is 1. The standard InChI is InChI=1S/C17H28N6O.2C2H6.2CH4/c1-10-8-14(15-20-11(2)12(3)21-15)23(9-10)16(24)13-4-6-22(7-5-13)17(18)19;2*1-2;;/h10,13-14H,4-9H2,1-3H3,(H3,18,19)(H,20,21);2*1-2H3;2*1H4. The van der Waals surface area contributed by atoms with E-state index in [2.05, 4.69) is 16.9 Å². The van der Waals surface area contributed by atoms with Gasteiger partial charge >= 0.3 is 0 Å². The van der Waals surface area contributed by atoms with Gasteiger partial charge in [-0.1, -0.05) is 49.5 Å². The summed E-state index contributed by atoms with van der Waals surface area (Å²) >= 11 is 0. The van der Waals surface area contributed by atoms with Gasteiger partial charge < -0.3 is 20.5 Å². The van der Waals surface area contributed by atoms with Crippen LogP contribution in [-0.2, 0) is 4.79 Å². The van der Waals surface area contributed by atoms with E-state index in [9.17, 15) is 4.79 Å². The molecule has 4 N–H and O–H groups in total. The normalized spacial score (nSPS) is 20.6. The zero-order valence-corrected chi connectivity index (χ0v) is 18.8. The van der Waals surface area contributed by atoms with E-state index in [4.69, 9.17) is 11.1 Å². The number of amides is 1. The van der Waals surface area contributed by atoms with Gasteiger partial charge in [0.05, 0.1) is 11.7 Å². The Bertz CT molecular complexity index is 614. The number of nitrogens with zero attached hydrogens (tertiary/aromatic N) is 3. The highest BCUT2D eigenvalue weighted by Gasteiger charge is 2.39. The van der Waals surface area contributed by atoms with E-state index in [1.54, 1.807) is 0 Å². The summed E-state index contributed by atoms with van der Waals surface area (Å²) in [5.74, 6) is 1.78. The van der Waals surface area contributed by atoms with Gasteiger partial charge in [0.2, 0.25) is 5.91 Å². The van der Waals surface area contributed by atoms with E-state index >= 15 is 0 Å². The monoisotopic (exact) mass is 424 g/mol. The molecule has 0 aromatic carbocycles. The highest BCUT2D eigenvalue weighted by atomic mass is 16.2. The highest BCUT2D eigenvalue weighted by Crippen LogP contribution is 2.36. The molecular weight excluding hydrogens is 376 g/mol. The van der Waals surface area contributed by atoms with Crippen molar-refractivity contribution < 1.29 is 4.79 Å². The molecule has 2 atom stereocenters. The van der Waals surface area contributed by atoms with Crippen LogP contribution >= 0.6 is 0 Å². The third-order valence-electron chi connectivity index (χ3n) is 5.44. The second kappa shape index (κ2) is 14.0. The molecule has 0 aliphatic carbocycles. The number of nitrogens with two attached hydrogens (primary N) is 1. The van der Waals surface area contributed by atoms with Crippen LogP contribution in [-0.4, -0.2) is 51.3 Å². The highest BCUT2D eigenvalue weighted by molar-refractivity contribution is 5.80. The predicted octanol–water partition coefficient (Wildman–Crippen LogP) is 4.87. The second-order valence-electron chi connectivity index (χ2n) is 7.33. The molecule has 2 fully saturated rings. The molecule has 0 spiro atoms. The molecule has 176 valence electrons. The summed E-state index contributed by atoms with van der Waals surface area (Å²) in [6, 6.07) is 0.0609. The third-order valence-corrected chi connectivity index (χ3v) is 5.44. The first-order chi connectivity index (χ1) is 13.4. The number of hydrogen-bond donors (Lipinski definition) is 3. The van der Waals surface area contributed by atoms with E-state index in [0.717, 1.165) is 43.0 Å². The molecule has 0 bridgehead atoms. The van der Waals surface area contributed by atoms with Crippen molar-refractivity contribution in [3.05, 3.63) is 17.2 Å². The van der Waals surface area contributed by atoms with Gasteiger partial charge in [0.25, 0.3) is 0 Å². The molecule has 3 heterocycles. The molecule has 1 aromatic rings. The molecule has 1 amide bonds. The van der Waals surface area contributed by atoms with Gasteiger partial charge in [-0.15, -0.1) is 0 Å². The Morgan fingerprint density at radius 2 is 1.67 bits per heavy atom. The predicted molar refractivity (Wildman–Crippen MR) is 129 cm³/mol. The summed E-state index contributed by atoms with van der Waals surface area (Å²) in [5, 5.41) is 7.52. The Morgan fingerprint density at radius 3 is 2.10 bits per heavy atom. The van der Waals surface area contributed by atoms with Gasteiger partial charge in [-0.2, -0.15) is 0 Å². The molecule has 2 aliphatic heterocycles. The lowest BCUT2D eigenvalue weighted by Crippen LogP contribution is -2.46. The van der Waals surface area contributed by atoms with E-state index < -0.39 is 0 Å². The smallest absolute Gasteiger partial charge is 0.226 e. The van der Waals surface area contributed by atoms with Crippen LogP contribution in [0.5, 0.6) is 0 Å². The Hall–Kier alpha value is -2.05. The summed E-state index contributed by atoms with van der Waals surface area (Å²) in [4.78, 5) is 24.9. The van der Waals surface area contributed by atoms with Crippen molar-refractivity contribution in [2.45, 2.75) is 88.6 Å². The first-order valence-corrected chi connectivity index (χ1v) is 10.8. The van der Waals surface area contributed by atoms with Crippen molar-refractivity contribution in [2.75, 3.05) is 19.6 Å². The number of aromatic nitrogens is 2. The number of imidazole rings is 1. The van der Waals surface area contributed by atoms with Gasteiger partial charge in [0.1, 0.15) is 5.82 Å². The number of aromatic amines is 1. The van der Waals surface area contributed by atoms with Gasteiger partial charge in [-0.05, 0) is 39.0 Å². The van der Waals surface area contributed by atoms with Crippen molar-refractivity contribution in [3.63, 3.8) is 0 Å². The Kier molecular flexibility index (Phi) is 14.1. The van der Waals surface area contributed by atoms with Crippen LogP contribution in [0.4, 0.5) is 0 Å². The number of H-pyrrole nitrogens is 1. The second-order valence-corrected chi connectivity index (χ2v) is 7.33. The number of hydrogen-bond acceptors (Lipinski definition) is 3. The number of nitrogens with one attached hydrogen (secondary N) is 2. The first-order valence-electron chi connectivity index (χ1n) is 10.8. The maximum Gasteiger partial charge on any atom is 0.226 e. The van der Waals surface area contributed by atoms with Crippen LogP contribution in [0.25, 0.3) is 0 Å². The van der Waals surface area contributed by atoms with E-state index in [1.807, 2.05) is 51.3 Å². The Labute approximate surface area is 185 Å². The molecule has 30 heavy (non-hydrogen) atoms. The summed E-state index contributed by atoms with van der Waals surface area (Å²) in [5.41, 5.74) is 7.63. The van der Waals surface area contributed by atoms with Crippen molar-refractivity contribution in [3.8, 4) is 0 Å². The number of aryl methyl sites for hydroxylation is 2. The molecule has 0 radical (unpaired) electrons. The van der Waals surface area contributed by atoms with Gasteiger partial charge in [-0.25, -0.2) is 4.98 Å². The summed E-state index contributed by atoms with van der Waals surface area (Å²) in [7, 11) is 0. The minimum absolute atomic E-state index is 0. The molecule has 0 saturated carbocycles. The van der Waals surface area contributed by atoms with Gasteiger partial charge in [0, 0.05) is 31.2 Å². The number of carbonyl (C=O) groups is 1. The van der Waals surface area contributed by atoms with E-state index in [1.165, 1.54) is 0 Å². The molecule has 3 rings (SSSR count). The molecule has 7 heteroatoms. The fourth-order valence-electron chi connectivity index (χ4n) is 3.88. The lowest BCUT2D eigenvalue weighted by Gasteiger charge is -2.34. The Balaban J connectivity index is 0. The van der Waals surface area contributed by atoms with Gasteiger partial charge in [-0.3, -0.25) is 10.2 Å². The third kappa shape index (κ3) is 7.03. The topological polar surface area (TPSA) is 102 Å². The van der Waals surface area contributed by atoms with E-state index in [0.29, 0.717) is 19.0 Å². The lowest BCUT2D eigenvalue weighted by molar-refractivity contribution is -0.138. The van der Waals surface area contributed by atoms with Crippen LogP contribution in [0.3, 0.4) is 0 Å². The zero-order chi connectivity index (χ0) is 21.4. The molecule has 2 saturated heterocycles. The SMILES string of the molecule is C.C.CC.CC.Cc1nc(C2CC(C)CN2C(=O)C2CCN(C(=N)N)CC2)[nH]c1C. The first kappa shape index (κ1) is 30.1. The quantitative estimate of drug-likeness (QED) is 0.466. The Morgan fingerprint density at radius 1 is 1.13 bits per heavy atom.